The van der Waals surface area contributed by atoms with Crippen LogP contribution in [0.2, 0.25) is 0 Å². The van der Waals surface area contributed by atoms with E-state index in [4.69, 9.17) is 0 Å². The number of hydrogen-bond donors (Lipinski definition) is 3. The number of halogens is 3. The van der Waals surface area contributed by atoms with E-state index in [1.54, 1.807) is 48.5 Å². The van der Waals surface area contributed by atoms with Gasteiger partial charge in [-0.15, -0.1) is 0 Å². The van der Waals surface area contributed by atoms with Crippen molar-refractivity contribution in [2.24, 2.45) is 0 Å². The number of carbonyl (C=O) groups is 1. The van der Waals surface area contributed by atoms with Crippen molar-refractivity contribution in [1.82, 2.24) is 10.6 Å². The Balaban J connectivity index is 1.59. The maximum atomic E-state index is 13.8. The van der Waals surface area contributed by atoms with Gasteiger partial charge in [-0.2, -0.15) is 13.2 Å². The number of para-hydroxylation sites is 1. The number of hydrogen-bond acceptors (Lipinski definition) is 5. The van der Waals surface area contributed by atoms with E-state index in [0.29, 0.717) is 16.9 Å². The van der Waals surface area contributed by atoms with Crippen molar-refractivity contribution in [2.75, 3.05) is 17.1 Å². The Morgan fingerprint density at radius 2 is 1.48 bits per heavy atom. The van der Waals surface area contributed by atoms with E-state index >= 15 is 0 Å². The molecule has 1 amide bonds. The fourth-order valence-electron chi connectivity index (χ4n) is 5.08. The third-order valence-corrected chi connectivity index (χ3v) is 8.53. The summed E-state index contributed by atoms with van der Waals surface area (Å²) in [5, 5.41) is 17.1. The van der Waals surface area contributed by atoms with Gasteiger partial charge in [0, 0.05) is 18.7 Å². The minimum Gasteiger partial charge on any atom is -0.390 e. The minimum absolute atomic E-state index is 0.0127. The number of rotatable bonds is 13. The van der Waals surface area contributed by atoms with Crippen molar-refractivity contribution in [2.45, 2.75) is 51.1 Å². The fourth-order valence-corrected chi connectivity index (χ4v) is 6.07. The van der Waals surface area contributed by atoms with Crippen molar-refractivity contribution in [1.29, 1.82) is 0 Å². The summed E-state index contributed by atoms with van der Waals surface area (Å²) in [6, 6.07) is 26.9. The summed E-state index contributed by atoms with van der Waals surface area (Å²) < 4.78 is 66.5. The molecule has 0 aliphatic heterocycles. The van der Waals surface area contributed by atoms with E-state index in [0.717, 1.165) is 29.5 Å². The summed E-state index contributed by atoms with van der Waals surface area (Å²) in [5.74, 6) is -0.544. The van der Waals surface area contributed by atoms with Crippen LogP contribution < -0.4 is 14.9 Å². The van der Waals surface area contributed by atoms with Crippen LogP contribution in [0, 0.1) is 0 Å². The molecule has 4 aromatic rings. The number of aliphatic hydroxyl groups excluding tert-OH is 1. The number of amides is 1. The van der Waals surface area contributed by atoms with Crippen LogP contribution >= 0.6 is 0 Å². The Morgan fingerprint density at radius 3 is 2.09 bits per heavy atom. The Bertz CT molecular complexity index is 1720. The Kier molecular flexibility index (Phi) is 11.3. The van der Waals surface area contributed by atoms with E-state index in [1.165, 1.54) is 16.4 Å². The second kappa shape index (κ2) is 14.9. The van der Waals surface area contributed by atoms with Crippen LogP contribution in [0.1, 0.15) is 52.4 Å². The standard InChI is InChI=1S/C35H38F3N3O4S/c1-24(2)27-19-28(21-31(20-27)41(46(3,44)45)30-15-8-5-9-16-30)34(43)40-32(18-25-11-6-4-7-12-25)33(42)23-39-22-26-13-10-14-29(17-26)35(36,37)38/h4-17,19-21,24,32-33,39,42H,18,22-23H2,1-3H3,(H,40,43). The van der Waals surface area contributed by atoms with E-state index < -0.39 is 39.8 Å². The average Bonchev–Trinajstić information content (AvgIpc) is 3.00. The van der Waals surface area contributed by atoms with Crippen molar-refractivity contribution in [3.8, 4) is 0 Å². The molecule has 4 rings (SSSR count). The predicted octanol–water partition coefficient (Wildman–Crippen LogP) is 6.42. The molecule has 7 nitrogen and oxygen atoms in total. The third-order valence-electron chi connectivity index (χ3n) is 7.44. The molecule has 0 aliphatic carbocycles. The Morgan fingerprint density at radius 1 is 0.848 bits per heavy atom. The number of anilines is 2. The highest BCUT2D eigenvalue weighted by atomic mass is 32.2. The van der Waals surface area contributed by atoms with E-state index in [2.05, 4.69) is 10.6 Å². The Labute approximate surface area is 268 Å². The van der Waals surface area contributed by atoms with Gasteiger partial charge in [0.2, 0.25) is 10.0 Å². The maximum absolute atomic E-state index is 13.8. The summed E-state index contributed by atoms with van der Waals surface area (Å²) >= 11 is 0. The topological polar surface area (TPSA) is 98.7 Å². The van der Waals surface area contributed by atoms with Crippen molar-refractivity contribution in [3.05, 3.63) is 131 Å². The molecule has 0 fully saturated rings. The van der Waals surface area contributed by atoms with Crippen LogP contribution in [0.5, 0.6) is 0 Å². The van der Waals surface area contributed by atoms with Gasteiger partial charge < -0.3 is 15.7 Å². The molecule has 11 heteroatoms. The molecular weight excluding hydrogens is 615 g/mol. The number of nitrogens with one attached hydrogen (secondary N) is 2. The fraction of sp³-hybridized carbons (Fsp3) is 0.286. The van der Waals surface area contributed by atoms with Gasteiger partial charge in [0.15, 0.2) is 0 Å². The summed E-state index contributed by atoms with van der Waals surface area (Å²) in [4.78, 5) is 13.8. The summed E-state index contributed by atoms with van der Waals surface area (Å²) in [5.41, 5.74) is 2.18. The molecule has 0 saturated heterocycles. The number of aliphatic hydroxyl groups is 1. The second-order valence-corrected chi connectivity index (χ2v) is 13.3. The summed E-state index contributed by atoms with van der Waals surface area (Å²) in [6.45, 7) is 3.94. The normalized spacial score (nSPS) is 13.3. The molecule has 0 heterocycles. The molecule has 3 N–H and O–H groups in total. The predicted molar refractivity (Wildman–Crippen MR) is 175 cm³/mol. The Hall–Kier alpha value is -4.19. The van der Waals surface area contributed by atoms with E-state index in [1.807, 2.05) is 44.2 Å². The highest BCUT2D eigenvalue weighted by molar-refractivity contribution is 7.92. The summed E-state index contributed by atoms with van der Waals surface area (Å²) in [7, 11) is -3.79. The lowest BCUT2D eigenvalue weighted by molar-refractivity contribution is -0.137. The van der Waals surface area contributed by atoms with E-state index in [9.17, 15) is 31.5 Å². The lowest BCUT2D eigenvalue weighted by Gasteiger charge is -2.26. The van der Waals surface area contributed by atoms with Gasteiger partial charge in [0.25, 0.3) is 5.91 Å². The minimum atomic E-state index is -4.47. The number of alkyl halides is 3. The van der Waals surface area contributed by atoms with Gasteiger partial charge >= 0.3 is 6.18 Å². The smallest absolute Gasteiger partial charge is 0.390 e. The molecule has 0 aromatic heterocycles. The molecule has 46 heavy (non-hydrogen) atoms. The molecule has 0 aliphatic rings. The second-order valence-electron chi connectivity index (χ2n) is 11.5. The van der Waals surface area contributed by atoms with Gasteiger partial charge in [-0.25, -0.2) is 12.7 Å². The molecule has 0 radical (unpaired) electrons. The van der Waals surface area contributed by atoms with Gasteiger partial charge in [0.1, 0.15) is 0 Å². The van der Waals surface area contributed by atoms with Gasteiger partial charge in [-0.1, -0.05) is 80.6 Å². The molecule has 0 spiro atoms. The van der Waals surface area contributed by atoms with Gasteiger partial charge in [-0.3, -0.25) is 4.79 Å². The molecule has 2 unspecified atom stereocenters. The molecular formula is C35H38F3N3O4S. The quantitative estimate of drug-likeness (QED) is 0.155. The molecule has 0 bridgehead atoms. The lowest BCUT2D eigenvalue weighted by Crippen LogP contribution is -2.48. The van der Waals surface area contributed by atoms with Crippen LogP contribution in [0.15, 0.2) is 103 Å². The molecule has 244 valence electrons. The number of sulfonamides is 1. The zero-order valence-electron chi connectivity index (χ0n) is 25.8. The largest absolute Gasteiger partial charge is 0.416 e. The van der Waals surface area contributed by atoms with Crippen LogP contribution in [0.25, 0.3) is 0 Å². The van der Waals surface area contributed by atoms with E-state index in [-0.39, 0.29) is 31.0 Å². The van der Waals surface area contributed by atoms with Crippen molar-refractivity contribution in [3.63, 3.8) is 0 Å². The van der Waals surface area contributed by atoms with Crippen molar-refractivity contribution < 1.29 is 31.5 Å². The molecule has 2 atom stereocenters. The monoisotopic (exact) mass is 653 g/mol. The van der Waals surface area contributed by atoms with Gasteiger partial charge in [-0.05, 0) is 65.4 Å². The molecule has 0 saturated carbocycles. The van der Waals surface area contributed by atoms with Crippen LogP contribution in [0.3, 0.4) is 0 Å². The van der Waals surface area contributed by atoms with Gasteiger partial charge in [0.05, 0.1) is 35.3 Å². The first-order valence-electron chi connectivity index (χ1n) is 14.8. The number of benzene rings is 4. The first-order chi connectivity index (χ1) is 21.7. The number of carbonyl (C=O) groups excluding carboxylic acids is 1. The number of nitrogens with zero attached hydrogens (tertiary/aromatic N) is 1. The van der Waals surface area contributed by atoms with Crippen LogP contribution in [-0.4, -0.2) is 44.4 Å². The first kappa shape index (κ1) is 34.7. The first-order valence-corrected chi connectivity index (χ1v) is 16.7. The lowest BCUT2D eigenvalue weighted by atomic mass is 9.97. The summed E-state index contributed by atoms with van der Waals surface area (Å²) in [6.07, 6.45) is -4.21. The van der Waals surface area contributed by atoms with Crippen LogP contribution in [0.4, 0.5) is 24.5 Å². The maximum Gasteiger partial charge on any atom is 0.416 e. The SMILES string of the molecule is CC(C)c1cc(C(=O)NC(Cc2ccccc2)C(O)CNCc2cccc(C(F)(F)F)c2)cc(N(c2ccccc2)S(C)(=O)=O)c1. The average molecular weight is 654 g/mol. The highest BCUT2D eigenvalue weighted by Gasteiger charge is 2.30. The molecule has 4 aromatic carbocycles. The zero-order chi connectivity index (χ0) is 33.5. The van der Waals surface area contributed by atoms with Crippen LogP contribution in [-0.2, 0) is 29.2 Å². The zero-order valence-corrected chi connectivity index (χ0v) is 26.6. The van der Waals surface area contributed by atoms with Crippen molar-refractivity contribution >= 4 is 27.3 Å². The third kappa shape index (κ3) is 9.41. The highest BCUT2D eigenvalue weighted by Crippen LogP contribution is 2.32.